The van der Waals surface area contributed by atoms with Crippen molar-refractivity contribution in [3.63, 3.8) is 0 Å². The first-order valence-electron chi connectivity index (χ1n) is 12.2. The van der Waals surface area contributed by atoms with Crippen LogP contribution in [0.1, 0.15) is 56.5 Å². The molecule has 0 aliphatic carbocycles. The van der Waals surface area contributed by atoms with Crippen LogP contribution in [-0.2, 0) is 9.47 Å². The Hall–Kier alpha value is -4.18. The molecule has 0 fully saturated rings. The fourth-order valence-electron chi connectivity index (χ4n) is 4.21. The van der Waals surface area contributed by atoms with Gasteiger partial charge in [-0.15, -0.1) is 0 Å². The van der Waals surface area contributed by atoms with Crippen molar-refractivity contribution in [3.05, 3.63) is 144 Å². The molecule has 0 spiro atoms. The standard InChI is InChI=1S/C32H30O4/c33-31(27-17-9-3-10-18-27)35-23-29(25-13-5-1-6-14-25)21-22-30(26-15-7-2-8-16-26)24-36-32(34)28-19-11-4-12-20-28/h1-20,29-30H,21-24H2. The lowest BCUT2D eigenvalue weighted by atomic mass is 9.88. The summed E-state index contributed by atoms with van der Waals surface area (Å²) in [4.78, 5) is 25.1. The zero-order valence-electron chi connectivity index (χ0n) is 20.2. The summed E-state index contributed by atoms with van der Waals surface area (Å²) in [5.74, 6) is -0.606. The molecule has 0 aliphatic rings. The van der Waals surface area contributed by atoms with Gasteiger partial charge in [-0.3, -0.25) is 0 Å². The van der Waals surface area contributed by atoms with E-state index < -0.39 is 0 Å². The summed E-state index contributed by atoms with van der Waals surface area (Å²) in [6.07, 6.45) is 1.54. The second-order valence-electron chi connectivity index (χ2n) is 8.72. The van der Waals surface area contributed by atoms with Crippen molar-refractivity contribution >= 4 is 11.9 Å². The zero-order valence-corrected chi connectivity index (χ0v) is 20.2. The largest absolute Gasteiger partial charge is 0.461 e. The summed E-state index contributed by atoms with van der Waals surface area (Å²) < 4.78 is 11.4. The van der Waals surface area contributed by atoms with Gasteiger partial charge in [0.2, 0.25) is 0 Å². The molecule has 0 heterocycles. The number of esters is 2. The first-order chi connectivity index (χ1) is 17.7. The highest BCUT2D eigenvalue weighted by Crippen LogP contribution is 2.29. The molecular weight excluding hydrogens is 448 g/mol. The molecule has 0 amide bonds. The van der Waals surface area contributed by atoms with E-state index in [9.17, 15) is 9.59 Å². The van der Waals surface area contributed by atoms with Crippen molar-refractivity contribution in [2.45, 2.75) is 24.7 Å². The van der Waals surface area contributed by atoms with E-state index in [-0.39, 0.29) is 37.0 Å². The maximum absolute atomic E-state index is 12.6. The molecule has 2 atom stereocenters. The first-order valence-corrected chi connectivity index (χ1v) is 12.2. The molecule has 182 valence electrons. The van der Waals surface area contributed by atoms with Gasteiger partial charge in [-0.25, -0.2) is 9.59 Å². The Morgan fingerprint density at radius 1 is 0.472 bits per heavy atom. The Balaban J connectivity index is 1.44. The normalized spacial score (nSPS) is 12.3. The molecule has 4 aromatic rings. The average Bonchev–Trinajstić information content (AvgIpc) is 2.96. The number of ether oxygens (including phenoxy) is 2. The monoisotopic (exact) mass is 478 g/mol. The smallest absolute Gasteiger partial charge is 0.338 e. The topological polar surface area (TPSA) is 52.6 Å². The molecule has 4 heteroatoms. The summed E-state index contributed by atoms with van der Waals surface area (Å²) in [6, 6.07) is 38.3. The Labute approximate surface area is 212 Å². The number of hydrogen-bond donors (Lipinski definition) is 0. The fourth-order valence-corrected chi connectivity index (χ4v) is 4.21. The second kappa shape index (κ2) is 13.1. The molecule has 0 aliphatic heterocycles. The van der Waals surface area contributed by atoms with E-state index in [1.165, 1.54) is 0 Å². The van der Waals surface area contributed by atoms with Gasteiger partial charge < -0.3 is 9.47 Å². The Morgan fingerprint density at radius 3 is 1.11 bits per heavy atom. The van der Waals surface area contributed by atoms with Crippen LogP contribution in [0.25, 0.3) is 0 Å². The van der Waals surface area contributed by atoms with E-state index in [1.54, 1.807) is 24.3 Å². The summed E-state index contributed by atoms with van der Waals surface area (Å²) >= 11 is 0. The predicted molar refractivity (Wildman–Crippen MR) is 141 cm³/mol. The molecule has 4 rings (SSSR count). The number of rotatable bonds is 11. The summed E-state index contributed by atoms with van der Waals surface area (Å²) in [7, 11) is 0. The van der Waals surface area contributed by atoms with Gasteiger partial charge in [0.05, 0.1) is 24.3 Å². The maximum Gasteiger partial charge on any atom is 0.338 e. The third-order valence-corrected chi connectivity index (χ3v) is 6.26. The summed E-state index contributed by atoms with van der Waals surface area (Å²) in [5.41, 5.74) is 3.32. The van der Waals surface area contributed by atoms with Crippen molar-refractivity contribution in [2.75, 3.05) is 13.2 Å². The second-order valence-corrected chi connectivity index (χ2v) is 8.72. The highest BCUT2D eigenvalue weighted by atomic mass is 16.5. The van der Waals surface area contributed by atoms with E-state index in [0.717, 1.165) is 24.0 Å². The van der Waals surface area contributed by atoms with Gasteiger partial charge in [0, 0.05) is 11.8 Å². The van der Waals surface area contributed by atoms with Crippen LogP contribution in [0.4, 0.5) is 0 Å². The zero-order chi connectivity index (χ0) is 25.0. The van der Waals surface area contributed by atoms with Crippen LogP contribution in [0.3, 0.4) is 0 Å². The van der Waals surface area contributed by atoms with Crippen LogP contribution < -0.4 is 0 Å². The lowest BCUT2D eigenvalue weighted by Crippen LogP contribution is -2.17. The van der Waals surface area contributed by atoms with Crippen molar-refractivity contribution < 1.29 is 19.1 Å². The third-order valence-electron chi connectivity index (χ3n) is 6.26. The van der Waals surface area contributed by atoms with Crippen molar-refractivity contribution in [2.24, 2.45) is 0 Å². The van der Waals surface area contributed by atoms with Gasteiger partial charge >= 0.3 is 11.9 Å². The average molecular weight is 479 g/mol. The van der Waals surface area contributed by atoms with E-state index >= 15 is 0 Å². The molecule has 0 saturated carbocycles. The number of carbonyl (C=O) groups is 2. The lowest BCUT2D eigenvalue weighted by Gasteiger charge is -2.22. The Morgan fingerprint density at radius 2 is 0.778 bits per heavy atom. The van der Waals surface area contributed by atoms with Gasteiger partial charge in [-0.05, 0) is 48.2 Å². The van der Waals surface area contributed by atoms with Crippen LogP contribution in [0.2, 0.25) is 0 Å². The summed E-state index contributed by atoms with van der Waals surface area (Å²) in [6.45, 7) is 0.562. The predicted octanol–water partition coefficient (Wildman–Crippen LogP) is 7.05. The minimum absolute atomic E-state index is 0.0231. The van der Waals surface area contributed by atoms with Gasteiger partial charge in [-0.2, -0.15) is 0 Å². The van der Waals surface area contributed by atoms with Gasteiger partial charge in [0.15, 0.2) is 0 Å². The van der Waals surface area contributed by atoms with Gasteiger partial charge in [0.1, 0.15) is 0 Å². The number of hydrogen-bond acceptors (Lipinski definition) is 4. The highest BCUT2D eigenvalue weighted by Gasteiger charge is 2.20. The van der Waals surface area contributed by atoms with E-state index in [4.69, 9.17) is 9.47 Å². The molecule has 4 aromatic carbocycles. The van der Waals surface area contributed by atoms with Crippen LogP contribution >= 0.6 is 0 Å². The quantitative estimate of drug-likeness (QED) is 0.217. The van der Waals surface area contributed by atoms with Crippen LogP contribution in [0.5, 0.6) is 0 Å². The van der Waals surface area contributed by atoms with Gasteiger partial charge in [0.25, 0.3) is 0 Å². The molecular formula is C32H30O4. The van der Waals surface area contributed by atoms with Crippen molar-refractivity contribution in [1.82, 2.24) is 0 Å². The first kappa shape index (κ1) is 24.9. The molecule has 2 unspecified atom stereocenters. The third kappa shape index (κ3) is 7.16. The highest BCUT2D eigenvalue weighted by molar-refractivity contribution is 5.89. The minimum atomic E-state index is -0.326. The summed E-state index contributed by atoms with van der Waals surface area (Å²) in [5, 5.41) is 0. The van der Waals surface area contributed by atoms with E-state index in [0.29, 0.717) is 11.1 Å². The van der Waals surface area contributed by atoms with Gasteiger partial charge in [-0.1, -0.05) is 97.1 Å². The molecule has 4 nitrogen and oxygen atoms in total. The SMILES string of the molecule is O=C(OCC(CCC(COC(=O)c1ccccc1)c1ccccc1)c1ccccc1)c1ccccc1. The van der Waals surface area contributed by atoms with Crippen LogP contribution in [0.15, 0.2) is 121 Å². The lowest BCUT2D eigenvalue weighted by molar-refractivity contribution is 0.0443. The molecule has 0 bridgehead atoms. The number of carbonyl (C=O) groups excluding carboxylic acids is 2. The van der Waals surface area contributed by atoms with Crippen LogP contribution in [-0.4, -0.2) is 25.2 Å². The molecule has 36 heavy (non-hydrogen) atoms. The minimum Gasteiger partial charge on any atom is -0.461 e. The number of benzene rings is 4. The maximum atomic E-state index is 12.6. The van der Waals surface area contributed by atoms with E-state index in [2.05, 4.69) is 24.3 Å². The Bertz CT molecular complexity index is 1110. The van der Waals surface area contributed by atoms with Crippen LogP contribution in [0, 0.1) is 0 Å². The molecule has 0 aromatic heterocycles. The molecule has 0 radical (unpaired) electrons. The van der Waals surface area contributed by atoms with E-state index in [1.807, 2.05) is 72.8 Å². The van der Waals surface area contributed by atoms with Crippen molar-refractivity contribution in [3.8, 4) is 0 Å². The Kier molecular flexibility index (Phi) is 9.04. The molecule has 0 N–H and O–H groups in total. The molecule has 0 saturated heterocycles. The van der Waals surface area contributed by atoms with Crippen molar-refractivity contribution in [1.29, 1.82) is 0 Å². The fraction of sp³-hybridized carbons (Fsp3) is 0.188.